The van der Waals surface area contributed by atoms with Gasteiger partial charge in [-0.15, -0.1) is 11.3 Å². The van der Waals surface area contributed by atoms with Gasteiger partial charge in [0.2, 0.25) is 0 Å². The number of benzene rings is 1. The van der Waals surface area contributed by atoms with Gasteiger partial charge >= 0.3 is 0 Å². The van der Waals surface area contributed by atoms with Crippen molar-refractivity contribution >= 4 is 38.9 Å². The topological polar surface area (TPSA) is 16.1 Å². The summed E-state index contributed by atoms with van der Waals surface area (Å²) in [6.07, 6.45) is 1.84. The second-order valence-electron chi connectivity index (χ2n) is 3.88. The van der Waals surface area contributed by atoms with Gasteiger partial charge in [-0.3, -0.25) is 4.90 Å². The number of rotatable bonds is 4. The van der Waals surface area contributed by atoms with E-state index in [-0.39, 0.29) is 0 Å². The van der Waals surface area contributed by atoms with E-state index >= 15 is 0 Å². The predicted molar refractivity (Wildman–Crippen MR) is 76.4 cm³/mol. The highest BCUT2D eigenvalue weighted by atomic mass is 79.9. The molecule has 0 bridgehead atoms. The first-order chi connectivity index (χ1) is 8.13. The monoisotopic (exact) mass is 330 g/mol. The van der Waals surface area contributed by atoms with E-state index in [2.05, 4.69) is 57.1 Å². The van der Waals surface area contributed by atoms with Crippen molar-refractivity contribution in [3.05, 3.63) is 49.8 Å². The third kappa shape index (κ3) is 4.07. The van der Waals surface area contributed by atoms with Crippen LogP contribution in [0.1, 0.15) is 10.4 Å². The second kappa shape index (κ2) is 5.96. The molecule has 1 heterocycles. The molecule has 2 aromatic rings. The van der Waals surface area contributed by atoms with Crippen LogP contribution < -0.4 is 0 Å². The average Bonchev–Trinajstić information content (AvgIpc) is 2.67. The first-order valence-electron chi connectivity index (χ1n) is 5.16. The van der Waals surface area contributed by atoms with Gasteiger partial charge in [-0.25, -0.2) is 4.98 Å². The molecule has 0 saturated heterocycles. The van der Waals surface area contributed by atoms with Crippen LogP contribution >= 0.6 is 38.9 Å². The van der Waals surface area contributed by atoms with Gasteiger partial charge in [0.1, 0.15) is 0 Å². The minimum absolute atomic E-state index is 0.608. The molecule has 2 nitrogen and oxygen atoms in total. The summed E-state index contributed by atoms with van der Waals surface area (Å²) < 4.78 is 1.72. The summed E-state index contributed by atoms with van der Waals surface area (Å²) >= 11 is 10.8. The molecule has 1 aromatic heterocycles. The Balaban J connectivity index is 1.93. The van der Waals surface area contributed by atoms with E-state index in [1.165, 1.54) is 21.8 Å². The Morgan fingerprint density at radius 1 is 1.29 bits per heavy atom. The molecule has 0 unspecified atom stereocenters. The number of aromatic nitrogens is 1. The lowest BCUT2D eigenvalue weighted by Gasteiger charge is -2.15. The van der Waals surface area contributed by atoms with E-state index < -0.39 is 0 Å². The lowest BCUT2D eigenvalue weighted by molar-refractivity contribution is 0.322. The molecular weight excluding hydrogens is 320 g/mol. The molecular formula is C12H12BrClN2S. The Kier molecular flexibility index (Phi) is 4.56. The Labute approximate surface area is 118 Å². The molecule has 90 valence electrons. The van der Waals surface area contributed by atoms with Crippen molar-refractivity contribution in [2.75, 3.05) is 7.05 Å². The zero-order valence-electron chi connectivity index (χ0n) is 9.36. The van der Waals surface area contributed by atoms with Crippen LogP contribution in [0, 0.1) is 0 Å². The largest absolute Gasteiger partial charge is 0.297 e. The fraction of sp³-hybridized carbons (Fsp3) is 0.250. The number of nitrogens with zero attached hydrogens (tertiary/aromatic N) is 2. The minimum Gasteiger partial charge on any atom is -0.297 e. The molecule has 0 aliphatic carbocycles. The van der Waals surface area contributed by atoms with Crippen molar-refractivity contribution in [1.29, 1.82) is 0 Å². The molecule has 0 N–H and O–H groups in total. The van der Waals surface area contributed by atoms with Gasteiger partial charge in [0.05, 0.1) is 0 Å². The molecule has 0 radical (unpaired) electrons. The van der Waals surface area contributed by atoms with Crippen LogP contribution in [0.15, 0.2) is 34.9 Å². The SMILES string of the molecule is CN(Cc1ccc(Br)cc1)Cc1cnc(Cl)s1. The first kappa shape index (κ1) is 13.0. The summed E-state index contributed by atoms with van der Waals surface area (Å²) in [4.78, 5) is 7.47. The van der Waals surface area contributed by atoms with Crippen molar-refractivity contribution in [3.8, 4) is 0 Å². The highest BCUT2D eigenvalue weighted by molar-refractivity contribution is 9.10. The standard InChI is InChI=1S/C12H12BrClN2S/c1-16(8-11-6-15-12(14)17-11)7-9-2-4-10(13)5-3-9/h2-6H,7-8H2,1H3. The van der Waals surface area contributed by atoms with Gasteiger partial charge < -0.3 is 0 Å². The van der Waals surface area contributed by atoms with Crippen LogP contribution in [0.5, 0.6) is 0 Å². The Morgan fingerprint density at radius 2 is 2.00 bits per heavy atom. The van der Waals surface area contributed by atoms with Gasteiger partial charge in [0.25, 0.3) is 0 Å². The van der Waals surface area contributed by atoms with Crippen LogP contribution in [-0.2, 0) is 13.1 Å². The van der Waals surface area contributed by atoms with E-state index in [9.17, 15) is 0 Å². The number of thiazole rings is 1. The van der Waals surface area contributed by atoms with Crippen LogP contribution in [-0.4, -0.2) is 16.9 Å². The molecule has 0 aliphatic rings. The highest BCUT2D eigenvalue weighted by Gasteiger charge is 2.04. The maximum atomic E-state index is 5.81. The normalized spacial score (nSPS) is 11.1. The Bertz CT molecular complexity index is 484. The van der Waals surface area contributed by atoms with Gasteiger partial charge in [-0.2, -0.15) is 0 Å². The first-order valence-corrected chi connectivity index (χ1v) is 7.15. The summed E-state index contributed by atoms with van der Waals surface area (Å²) in [5.74, 6) is 0. The highest BCUT2D eigenvalue weighted by Crippen LogP contribution is 2.19. The summed E-state index contributed by atoms with van der Waals surface area (Å²) in [7, 11) is 2.09. The fourth-order valence-electron chi connectivity index (χ4n) is 1.58. The average molecular weight is 332 g/mol. The summed E-state index contributed by atoms with van der Waals surface area (Å²) in [6.45, 7) is 1.79. The van der Waals surface area contributed by atoms with E-state index in [1.807, 2.05) is 6.20 Å². The molecule has 5 heteroatoms. The molecule has 0 fully saturated rings. The van der Waals surface area contributed by atoms with Gasteiger partial charge in [-0.05, 0) is 24.7 Å². The number of hydrogen-bond donors (Lipinski definition) is 0. The molecule has 1 aromatic carbocycles. The van der Waals surface area contributed by atoms with Crippen molar-refractivity contribution in [2.45, 2.75) is 13.1 Å². The molecule has 0 spiro atoms. The lowest BCUT2D eigenvalue weighted by Crippen LogP contribution is -2.16. The van der Waals surface area contributed by atoms with Crippen molar-refractivity contribution < 1.29 is 0 Å². The van der Waals surface area contributed by atoms with E-state index in [0.29, 0.717) is 4.47 Å². The second-order valence-corrected chi connectivity index (χ2v) is 6.49. The molecule has 0 aliphatic heterocycles. The fourth-order valence-corrected chi connectivity index (χ4v) is 2.90. The maximum Gasteiger partial charge on any atom is 0.183 e. The summed E-state index contributed by atoms with van der Waals surface area (Å²) in [5, 5.41) is 0. The summed E-state index contributed by atoms with van der Waals surface area (Å²) in [5.41, 5.74) is 1.30. The molecule has 17 heavy (non-hydrogen) atoms. The molecule has 0 atom stereocenters. The van der Waals surface area contributed by atoms with Crippen molar-refractivity contribution in [1.82, 2.24) is 9.88 Å². The predicted octanol–water partition coefficient (Wildman–Crippen LogP) is 4.19. The molecule has 2 rings (SSSR count). The van der Waals surface area contributed by atoms with E-state index in [4.69, 9.17) is 11.6 Å². The van der Waals surface area contributed by atoms with Gasteiger partial charge in [-0.1, -0.05) is 39.7 Å². The smallest absolute Gasteiger partial charge is 0.183 e. The van der Waals surface area contributed by atoms with Crippen LogP contribution in [0.25, 0.3) is 0 Å². The van der Waals surface area contributed by atoms with Crippen LogP contribution in [0.2, 0.25) is 4.47 Å². The van der Waals surface area contributed by atoms with Crippen molar-refractivity contribution in [2.24, 2.45) is 0 Å². The quantitative estimate of drug-likeness (QED) is 0.835. The molecule has 0 amide bonds. The minimum atomic E-state index is 0.608. The third-order valence-corrected chi connectivity index (χ3v) is 3.95. The van der Waals surface area contributed by atoms with Gasteiger partial charge in [0.15, 0.2) is 4.47 Å². The summed E-state index contributed by atoms with van der Waals surface area (Å²) in [6, 6.07) is 8.37. The number of hydrogen-bond acceptors (Lipinski definition) is 3. The molecule has 0 saturated carbocycles. The zero-order valence-corrected chi connectivity index (χ0v) is 12.5. The maximum absolute atomic E-state index is 5.81. The Morgan fingerprint density at radius 3 is 2.59 bits per heavy atom. The number of halogens is 2. The van der Waals surface area contributed by atoms with E-state index in [0.717, 1.165) is 17.6 Å². The Hall–Kier alpha value is -0.420. The van der Waals surface area contributed by atoms with Crippen LogP contribution in [0.3, 0.4) is 0 Å². The van der Waals surface area contributed by atoms with Crippen molar-refractivity contribution in [3.63, 3.8) is 0 Å². The zero-order chi connectivity index (χ0) is 12.3. The van der Waals surface area contributed by atoms with E-state index in [1.54, 1.807) is 0 Å². The lowest BCUT2D eigenvalue weighted by atomic mass is 10.2. The third-order valence-electron chi connectivity index (χ3n) is 2.32. The van der Waals surface area contributed by atoms with Gasteiger partial charge in [0, 0.05) is 28.6 Å². The van der Waals surface area contributed by atoms with Crippen LogP contribution in [0.4, 0.5) is 0 Å².